The Morgan fingerprint density at radius 3 is 2.25 bits per heavy atom. The third-order valence-electron chi connectivity index (χ3n) is 3.97. The van der Waals surface area contributed by atoms with Crippen molar-refractivity contribution in [1.82, 2.24) is 0 Å². The molecule has 3 aromatic carbocycles. The van der Waals surface area contributed by atoms with Crippen molar-refractivity contribution in [1.29, 1.82) is 0 Å². The van der Waals surface area contributed by atoms with E-state index in [1.165, 1.54) is 36.4 Å². The van der Waals surface area contributed by atoms with Crippen LogP contribution in [0, 0.1) is 12.7 Å². The number of aryl methyl sites for hydroxylation is 1. The van der Waals surface area contributed by atoms with Gasteiger partial charge in [-0.3, -0.25) is 9.52 Å². The van der Waals surface area contributed by atoms with Crippen LogP contribution in [0.15, 0.2) is 71.6 Å². The maximum Gasteiger partial charge on any atom is 0.261 e. The van der Waals surface area contributed by atoms with Gasteiger partial charge in [0.05, 0.1) is 4.90 Å². The molecule has 0 atom stereocenters. The Labute approximate surface area is 167 Å². The highest BCUT2D eigenvalue weighted by atomic mass is 35.5. The number of halogens is 2. The molecule has 0 aliphatic carbocycles. The number of hydrogen-bond acceptors (Lipinski definition) is 3. The molecule has 2 N–H and O–H groups in total. The Morgan fingerprint density at radius 1 is 0.964 bits per heavy atom. The summed E-state index contributed by atoms with van der Waals surface area (Å²) in [5, 5.41) is 3.11. The van der Waals surface area contributed by atoms with E-state index in [-0.39, 0.29) is 10.5 Å². The number of sulfonamides is 1. The second-order valence-corrected chi connectivity index (χ2v) is 8.17. The molecule has 0 saturated heterocycles. The summed E-state index contributed by atoms with van der Waals surface area (Å²) >= 11 is 5.79. The molecule has 0 aromatic heterocycles. The van der Waals surface area contributed by atoms with Crippen molar-refractivity contribution in [3.05, 3.63) is 88.7 Å². The fraction of sp³-hybridized carbons (Fsp3) is 0.0500. The van der Waals surface area contributed by atoms with E-state index < -0.39 is 21.7 Å². The standard InChI is InChI=1S/C20H16ClFN2O3S/c1-13-2-7-16(22)12-19(13)23-20(25)14-3-10-18(11-4-14)28(26,27)24-17-8-5-15(21)6-9-17/h2-12,24H,1H3,(H,23,25). The lowest BCUT2D eigenvalue weighted by Gasteiger charge is -2.10. The first kappa shape index (κ1) is 19.9. The van der Waals surface area contributed by atoms with E-state index >= 15 is 0 Å². The second kappa shape index (κ2) is 8.00. The van der Waals surface area contributed by atoms with Crippen LogP contribution in [0.2, 0.25) is 5.02 Å². The lowest BCUT2D eigenvalue weighted by molar-refractivity contribution is 0.102. The zero-order valence-electron chi connectivity index (χ0n) is 14.7. The third kappa shape index (κ3) is 4.68. The molecule has 0 unspecified atom stereocenters. The van der Waals surface area contributed by atoms with Crippen LogP contribution >= 0.6 is 11.6 Å². The summed E-state index contributed by atoms with van der Waals surface area (Å²) < 4.78 is 40.7. The van der Waals surface area contributed by atoms with Crippen molar-refractivity contribution in [2.45, 2.75) is 11.8 Å². The van der Waals surface area contributed by atoms with Crippen LogP contribution in [0.3, 0.4) is 0 Å². The zero-order chi connectivity index (χ0) is 20.3. The smallest absolute Gasteiger partial charge is 0.261 e. The predicted molar refractivity (Wildman–Crippen MR) is 108 cm³/mol. The second-order valence-electron chi connectivity index (χ2n) is 6.05. The van der Waals surface area contributed by atoms with Crippen LogP contribution < -0.4 is 10.0 Å². The first-order valence-corrected chi connectivity index (χ1v) is 10.1. The van der Waals surface area contributed by atoms with Crippen LogP contribution in [0.1, 0.15) is 15.9 Å². The number of carbonyl (C=O) groups excluding carboxylic acids is 1. The molecule has 144 valence electrons. The predicted octanol–water partition coefficient (Wildman–Crippen LogP) is 4.84. The summed E-state index contributed by atoms with van der Waals surface area (Å²) in [6.07, 6.45) is 0. The van der Waals surface area contributed by atoms with Gasteiger partial charge in [0.1, 0.15) is 5.82 Å². The minimum atomic E-state index is -3.81. The average Bonchev–Trinajstić information content (AvgIpc) is 2.66. The normalized spacial score (nSPS) is 11.1. The van der Waals surface area contributed by atoms with Crippen LogP contribution in [0.25, 0.3) is 0 Å². The quantitative estimate of drug-likeness (QED) is 0.622. The van der Waals surface area contributed by atoms with Crippen LogP contribution in [-0.4, -0.2) is 14.3 Å². The van der Waals surface area contributed by atoms with E-state index in [2.05, 4.69) is 10.0 Å². The SMILES string of the molecule is Cc1ccc(F)cc1NC(=O)c1ccc(S(=O)(=O)Nc2ccc(Cl)cc2)cc1. The van der Waals surface area contributed by atoms with Gasteiger partial charge in [-0.05, 0) is 73.2 Å². The number of amides is 1. The van der Waals surface area contributed by atoms with Crippen LogP contribution in [0.4, 0.5) is 15.8 Å². The van der Waals surface area contributed by atoms with Gasteiger partial charge in [0.25, 0.3) is 15.9 Å². The van der Waals surface area contributed by atoms with Gasteiger partial charge in [-0.25, -0.2) is 12.8 Å². The number of hydrogen-bond donors (Lipinski definition) is 2. The number of carbonyl (C=O) groups is 1. The Kier molecular flexibility index (Phi) is 5.67. The van der Waals surface area contributed by atoms with Crippen LogP contribution in [-0.2, 0) is 10.0 Å². The highest BCUT2D eigenvalue weighted by Crippen LogP contribution is 2.20. The van der Waals surface area contributed by atoms with Gasteiger partial charge in [0.2, 0.25) is 0 Å². The highest BCUT2D eigenvalue weighted by Gasteiger charge is 2.16. The zero-order valence-corrected chi connectivity index (χ0v) is 16.3. The minimum Gasteiger partial charge on any atom is -0.322 e. The van der Waals surface area contributed by atoms with Crippen molar-refractivity contribution in [2.24, 2.45) is 0 Å². The summed E-state index contributed by atoms with van der Waals surface area (Å²) in [4.78, 5) is 12.4. The molecule has 0 aliphatic rings. The topological polar surface area (TPSA) is 75.3 Å². The Balaban J connectivity index is 1.75. The van der Waals surface area contributed by atoms with Gasteiger partial charge in [-0.1, -0.05) is 17.7 Å². The summed E-state index contributed by atoms with van der Waals surface area (Å²) in [7, 11) is -3.81. The van der Waals surface area contributed by atoms with Gasteiger partial charge in [-0.15, -0.1) is 0 Å². The third-order valence-corrected chi connectivity index (χ3v) is 5.62. The Bertz CT molecular complexity index is 1120. The summed E-state index contributed by atoms with van der Waals surface area (Å²) in [5.74, 6) is -0.932. The van der Waals surface area contributed by atoms with Gasteiger partial charge in [-0.2, -0.15) is 0 Å². The van der Waals surface area contributed by atoms with Crippen LogP contribution in [0.5, 0.6) is 0 Å². The molecule has 28 heavy (non-hydrogen) atoms. The van der Waals surface area contributed by atoms with Gasteiger partial charge >= 0.3 is 0 Å². The molecule has 0 aliphatic heterocycles. The van der Waals surface area contributed by atoms with Crippen molar-refractivity contribution in [3.63, 3.8) is 0 Å². The van der Waals surface area contributed by atoms with Gasteiger partial charge < -0.3 is 5.32 Å². The summed E-state index contributed by atoms with van der Waals surface area (Å²) in [5.41, 5.74) is 1.68. The average molecular weight is 419 g/mol. The first-order chi connectivity index (χ1) is 13.2. The largest absolute Gasteiger partial charge is 0.322 e. The molecule has 5 nitrogen and oxygen atoms in total. The maximum atomic E-state index is 13.4. The summed E-state index contributed by atoms with van der Waals surface area (Å²) in [6, 6.07) is 15.7. The fourth-order valence-electron chi connectivity index (χ4n) is 2.44. The van der Waals surface area contributed by atoms with E-state index in [0.717, 1.165) is 0 Å². The molecule has 0 spiro atoms. The molecule has 3 rings (SSSR count). The molecular weight excluding hydrogens is 403 g/mol. The van der Waals surface area contributed by atoms with Crippen molar-refractivity contribution < 1.29 is 17.6 Å². The molecule has 0 radical (unpaired) electrons. The Hall–Kier alpha value is -2.90. The first-order valence-electron chi connectivity index (χ1n) is 8.20. The number of benzene rings is 3. The molecule has 1 amide bonds. The maximum absolute atomic E-state index is 13.4. The summed E-state index contributed by atoms with van der Waals surface area (Å²) in [6.45, 7) is 1.74. The molecule has 0 heterocycles. The number of anilines is 2. The fourth-order valence-corrected chi connectivity index (χ4v) is 3.63. The van der Waals surface area contributed by atoms with E-state index in [1.807, 2.05) is 0 Å². The minimum absolute atomic E-state index is 0.000867. The van der Waals surface area contributed by atoms with Crippen molar-refractivity contribution in [2.75, 3.05) is 10.0 Å². The van der Waals surface area contributed by atoms with E-state index in [9.17, 15) is 17.6 Å². The molecule has 0 fully saturated rings. The van der Waals surface area contributed by atoms with E-state index in [0.29, 0.717) is 22.0 Å². The lowest BCUT2D eigenvalue weighted by atomic mass is 10.1. The van der Waals surface area contributed by atoms with Gasteiger partial charge in [0.15, 0.2) is 0 Å². The molecule has 8 heteroatoms. The van der Waals surface area contributed by atoms with Crippen molar-refractivity contribution >= 4 is 38.9 Å². The van der Waals surface area contributed by atoms with Gasteiger partial charge in [0, 0.05) is 22.0 Å². The Morgan fingerprint density at radius 2 is 1.61 bits per heavy atom. The van der Waals surface area contributed by atoms with E-state index in [1.54, 1.807) is 37.3 Å². The molecular formula is C20H16ClFN2O3S. The highest BCUT2D eigenvalue weighted by molar-refractivity contribution is 7.92. The van der Waals surface area contributed by atoms with Crippen molar-refractivity contribution in [3.8, 4) is 0 Å². The lowest BCUT2D eigenvalue weighted by Crippen LogP contribution is -2.15. The molecule has 0 saturated carbocycles. The molecule has 3 aromatic rings. The monoisotopic (exact) mass is 418 g/mol. The van der Waals surface area contributed by atoms with E-state index in [4.69, 9.17) is 11.6 Å². The number of nitrogens with one attached hydrogen (secondary N) is 2. The number of rotatable bonds is 5. The molecule has 0 bridgehead atoms.